The fourth-order valence-corrected chi connectivity index (χ4v) is 0.747. The first-order valence-electron chi connectivity index (χ1n) is 5.69. The summed E-state index contributed by atoms with van der Waals surface area (Å²) in [4.78, 5) is 2.22. The number of rotatable bonds is 4. The van der Waals surface area contributed by atoms with Crippen molar-refractivity contribution >= 4 is 0 Å². The minimum absolute atomic E-state index is 0.973. The van der Waals surface area contributed by atoms with Crippen molar-refractivity contribution in [2.45, 2.75) is 41.5 Å². The van der Waals surface area contributed by atoms with E-state index in [-0.39, 0.29) is 0 Å². The van der Waals surface area contributed by atoms with Gasteiger partial charge in [0.2, 0.25) is 0 Å². The van der Waals surface area contributed by atoms with Gasteiger partial charge in [0.15, 0.2) is 0 Å². The quantitative estimate of drug-likeness (QED) is 0.616. The lowest BCUT2D eigenvalue weighted by molar-refractivity contribution is 0.386. The zero-order valence-electron chi connectivity index (χ0n) is 11.2. The molecule has 0 aliphatic rings. The summed E-state index contributed by atoms with van der Waals surface area (Å²) in [6.45, 7) is 18.1. The van der Waals surface area contributed by atoms with Crippen molar-refractivity contribution in [3.05, 3.63) is 24.3 Å². The molecule has 0 fully saturated rings. The standard InChI is InChI=1S/C9H17N.2C2H6/c1-5-7-9(3)8-10(4)6-2;2*1-2/h5,7H,3,6,8H2,1-2,4H3;2*1-2H3/b7-5-;;. The molecule has 0 bridgehead atoms. The molecule has 14 heavy (non-hydrogen) atoms. The van der Waals surface area contributed by atoms with Gasteiger partial charge in [-0.2, -0.15) is 0 Å². The number of hydrogen-bond donors (Lipinski definition) is 0. The van der Waals surface area contributed by atoms with Crippen LogP contribution in [0.5, 0.6) is 0 Å². The van der Waals surface area contributed by atoms with E-state index in [0.717, 1.165) is 13.1 Å². The van der Waals surface area contributed by atoms with E-state index in [1.165, 1.54) is 5.57 Å². The maximum Gasteiger partial charge on any atom is 0.0224 e. The Kier molecular flexibility index (Phi) is 24.9. The summed E-state index contributed by atoms with van der Waals surface area (Å²) >= 11 is 0. The first-order valence-corrected chi connectivity index (χ1v) is 5.69. The summed E-state index contributed by atoms with van der Waals surface area (Å²) in [7, 11) is 2.09. The van der Waals surface area contributed by atoms with Crippen LogP contribution in [-0.4, -0.2) is 25.0 Å². The SMILES string of the molecule is C=C(/C=C\C)CN(C)CC.CC.CC. The Morgan fingerprint density at radius 2 is 1.64 bits per heavy atom. The van der Waals surface area contributed by atoms with Crippen molar-refractivity contribution in [3.8, 4) is 0 Å². The normalized spacial score (nSPS) is 8.86. The number of nitrogens with zero attached hydrogens (tertiary/aromatic N) is 1. The van der Waals surface area contributed by atoms with Gasteiger partial charge in [-0.25, -0.2) is 0 Å². The molecule has 0 heterocycles. The van der Waals surface area contributed by atoms with E-state index < -0.39 is 0 Å². The third-order valence-corrected chi connectivity index (χ3v) is 1.42. The van der Waals surface area contributed by atoms with E-state index in [4.69, 9.17) is 0 Å². The highest BCUT2D eigenvalue weighted by Crippen LogP contribution is 1.95. The summed E-state index contributed by atoms with van der Waals surface area (Å²) in [5, 5.41) is 0. The monoisotopic (exact) mass is 199 g/mol. The van der Waals surface area contributed by atoms with E-state index in [0.29, 0.717) is 0 Å². The van der Waals surface area contributed by atoms with Gasteiger partial charge in [-0.3, -0.25) is 0 Å². The van der Waals surface area contributed by atoms with Crippen LogP contribution >= 0.6 is 0 Å². The second kappa shape index (κ2) is 18.3. The van der Waals surface area contributed by atoms with Crippen LogP contribution in [0, 0.1) is 0 Å². The zero-order valence-corrected chi connectivity index (χ0v) is 11.2. The Bertz CT molecular complexity index is 125. The molecule has 0 N–H and O–H groups in total. The van der Waals surface area contributed by atoms with Gasteiger partial charge in [-0.1, -0.05) is 53.3 Å². The Labute approximate surface area is 91.5 Å². The topological polar surface area (TPSA) is 3.24 Å². The Balaban J connectivity index is -0.000000266. The smallest absolute Gasteiger partial charge is 0.0224 e. The zero-order chi connectivity index (χ0) is 12.0. The summed E-state index contributed by atoms with van der Waals surface area (Å²) in [5.74, 6) is 0. The van der Waals surface area contributed by atoms with Gasteiger partial charge in [-0.05, 0) is 26.1 Å². The van der Waals surface area contributed by atoms with Crippen LogP contribution in [0.2, 0.25) is 0 Å². The molecule has 1 heteroatoms. The predicted molar refractivity (Wildman–Crippen MR) is 69.8 cm³/mol. The van der Waals surface area contributed by atoms with Crippen LogP contribution < -0.4 is 0 Å². The van der Waals surface area contributed by atoms with Gasteiger partial charge in [0, 0.05) is 6.54 Å². The van der Waals surface area contributed by atoms with Gasteiger partial charge in [-0.15, -0.1) is 0 Å². The average Bonchev–Trinajstić information content (AvgIpc) is 2.24. The fourth-order valence-electron chi connectivity index (χ4n) is 0.747. The molecule has 0 saturated heterocycles. The van der Waals surface area contributed by atoms with Crippen LogP contribution in [-0.2, 0) is 0 Å². The van der Waals surface area contributed by atoms with Gasteiger partial charge >= 0.3 is 0 Å². The third-order valence-electron chi connectivity index (χ3n) is 1.42. The molecule has 0 aliphatic heterocycles. The van der Waals surface area contributed by atoms with E-state index in [2.05, 4.69) is 25.5 Å². The van der Waals surface area contributed by atoms with Crippen LogP contribution in [0.25, 0.3) is 0 Å². The molecule has 0 rings (SSSR count). The third kappa shape index (κ3) is 17.5. The lowest BCUT2D eigenvalue weighted by Crippen LogP contribution is -2.19. The van der Waals surface area contributed by atoms with Gasteiger partial charge in [0.05, 0.1) is 0 Å². The fraction of sp³-hybridized carbons (Fsp3) is 0.692. The van der Waals surface area contributed by atoms with Crippen LogP contribution in [0.15, 0.2) is 24.3 Å². The molecule has 0 aliphatic carbocycles. The van der Waals surface area contributed by atoms with Gasteiger partial charge in [0.25, 0.3) is 0 Å². The van der Waals surface area contributed by atoms with Crippen LogP contribution in [0.1, 0.15) is 41.5 Å². The highest BCUT2D eigenvalue weighted by molar-refractivity contribution is 5.14. The summed E-state index contributed by atoms with van der Waals surface area (Å²) in [5.41, 5.74) is 1.17. The Morgan fingerprint density at radius 3 is 1.93 bits per heavy atom. The first kappa shape index (κ1) is 19.1. The molecular weight excluding hydrogens is 170 g/mol. The van der Waals surface area contributed by atoms with Crippen molar-refractivity contribution in [1.82, 2.24) is 4.90 Å². The number of allylic oxidation sites excluding steroid dienone is 1. The highest BCUT2D eigenvalue weighted by atomic mass is 15.1. The lowest BCUT2D eigenvalue weighted by atomic mass is 10.2. The lowest BCUT2D eigenvalue weighted by Gasteiger charge is -2.12. The molecule has 0 aromatic rings. The van der Waals surface area contributed by atoms with Crippen molar-refractivity contribution in [3.63, 3.8) is 0 Å². The van der Waals surface area contributed by atoms with E-state index in [9.17, 15) is 0 Å². The van der Waals surface area contributed by atoms with E-state index >= 15 is 0 Å². The first-order chi connectivity index (χ1) is 6.70. The minimum Gasteiger partial charge on any atom is -0.302 e. The molecule has 0 aromatic heterocycles. The summed E-state index contributed by atoms with van der Waals surface area (Å²) in [6, 6.07) is 0. The minimum atomic E-state index is 0.973. The van der Waals surface area contributed by atoms with Crippen LogP contribution in [0.4, 0.5) is 0 Å². The van der Waals surface area contributed by atoms with Gasteiger partial charge < -0.3 is 4.90 Å². The van der Waals surface area contributed by atoms with Crippen molar-refractivity contribution in [1.29, 1.82) is 0 Å². The second-order valence-corrected chi connectivity index (χ2v) is 2.49. The molecular formula is C13H29N. The molecule has 0 spiro atoms. The summed E-state index contributed by atoms with van der Waals surface area (Å²) < 4.78 is 0. The van der Waals surface area contributed by atoms with Crippen LogP contribution in [0.3, 0.4) is 0 Å². The van der Waals surface area contributed by atoms with Gasteiger partial charge in [0.1, 0.15) is 0 Å². The average molecular weight is 199 g/mol. The molecule has 0 aromatic carbocycles. The number of likely N-dealkylation sites (N-methyl/N-ethyl adjacent to an activating group) is 1. The maximum absolute atomic E-state index is 3.90. The second-order valence-electron chi connectivity index (χ2n) is 2.49. The molecule has 0 unspecified atom stereocenters. The molecule has 0 amide bonds. The van der Waals surface area contributed by atoms with E-state index in [1.807, 2.05) is 46.8 Å². The Hall–Kier alpha value is -0.560. The predicted octanol–water partition coefficient (Wildman–Crippen LogP) is 4.12. The molecule has 0 atom stereocenters. The van der Waals surface area contributed by atoms with E-state index in [1.54, 1.807) is 0 Å². The molecule has 0 radical (unpaired) electrons. The largest absolute Gasteiger partial charge is 0.302 e. The molecule has 0 saturated carbocycles. The van der Waals surface area contributed by atoms with Crippen molar-refractivity contribution < 1.29 is 0 Å². The number of hydrogen-bond acceptors (Lipinski definition) is 1. The van der Waals surface area contributed by atoms with Crippen molar-refractivity contribution in [2.24, 2.45) is 0 Å². The highest BCUT2D eigenvalue weighted by Gasteiger charge is 1.93. The molecule has 1 nitrogen and oxygen atoms in total. The van der Waals surface area contributed by atoms with Crippen molar-refractivity contribution in [2.75, 3.05) is 20.1 Å². The molecule has 86 valence electrons. The summed E-state index contributed by atoms with van der Waals surface area (Å²) in [6.07, 6.45) is 4.07. The maximum atomic E-state index is 3.90. The Morgan fingerprint density at radius 1 is 1.21 bits per heavy atom.